The van der Waals surface area contributed by atoms with Gasteiger partial charge < -0.3 is 10.4 Å². The second kappa shape index (κ2) is 9.73. The van der Waals surface area contributed by atoms with E-state index in [1.165, 1.54) is 0 Å². The molecule has 2 atom stereocenters. The SMILES string of the molecule is CN(C)C(C(=O)NC(CCC(=O)O)Cc1ccccc1)c1ccccc1. The lowest BCUT2D eigenvalue weighted by Crippen LogP contribution is -2.43. The molecule has 0 aliphatic heterocycles. The predicted octanol–water partition coefficient (Wildman–Crippen LogP) is 2.88. The molecule has 0 saturated heterocycles. The largest absolute Gasteiger partial charge is 0.481 e. The van der Waals surface area contributed by atoms with Crippen LogP contribution < -0.4 is 5.32 Å². The average Bonchev–Trinajstić information content (AvgIpc) is 2.61. The lowest BCUT2D eigenvalue weighted by atomic mass is 10.00. The molecule has 0 radical (unpaired) electrons. The number of carbonyl (C=O) groups is 2. The van der Waals surface area contributed by atoms with Crippen molar-refractivity contribution in [3.63, 3.8) is 0 Å². The van der Waals surface area contributed by atoms with Crippen molar-refractivity contribution in [3.05, 3.63) is 71.8 Å². The second-order valence-corrected chi connectivity index (χ2v) is 6.60. The summed E-state index contributed by atoms with van der Waals surface area (Å²) in [5.41, 5.74) is 1.98. The highest BCUT2D eigenvalue weighted by Crippen LogP contribution is 2.19. The van der Waals surface area contributed by atoms with Crippen LogP contribution in [0, 0.1) is 0 Å². The van der Waals surface area contributed by atoms with E-state index in [0.29, 0.717) is 12.8 Å². The highest BCUT2D eigenvalue weighted by molar-refractivity contribution is 5.83. The highest BCUT2D eigenvalue weighted by atomic mass is 16.4. The van der Waals surface area contributed by atoms with Crippen molar-refractivity contribution in [1.29, 1.82) is 0 Å². The summed E-state index contributed by atoms with van der Waals surface area (Å²) in [5.74, 6) is -0.975. The fourth-order valence-corrected chi connectivity index (χ4v) is 3.02. The molecule has 0 spiro atoms. The molecule has 0 heterocycles. The molecule has 2 rings (SSSR count). The fraction of sp³-hybridized carbons (Fsp3) is 0.333. The van der Waals surface area contributed by atoms with E-state index in [9.17, 15) is 9.59 Å². The summed E-state index contributed by atoms with van der Waals surface area (Å²) in [5, 5.41) is 12.1. The Hall–Kier alpha value is -2.66. The molecule has 2 N–H and O–H groups in total. The maximum atomic E-state index is 12.9. The first-order valence-electron chi connectivity index (χ1n) is 8.75. The van der Waals surface area contributed by atoms with Gasteiger partial charge in [-0.25, -0.2) is 0 Å². The number of carbonyl (C=O) groups excluding carboxylic acids is 1. The van der Waals surface area contributed by atoms with Crippen LogP contribution in [-0.2, 0) is 16.0 Å². The van der Waals surface area contributed by atoms with Gasteiger partial charge in [-0.3, -0.25) is 14.5 Å². The number of hydrogen-bond acceptors (Lipinski definition) is 3. The Morgan fingerprint density at radius 2 is 1.58 bits per heavy atom. The van der Waals surface area contributed by atoms with Gasteiger partial charge in [0.2, 0.25) is 5.91 Å². The molecule has 138 valence electrons. The zero-order valence-corrected chi connectivity index (χ0v) is 15.3. The first-order valence-corrected chi connectivity index (χ1v) is 8.75. The van der Waals surface area contributed by atoms with Crippen LogP contribution in [0.15, 0.2) is 60.7 Å². The maximum Gasteiger partial charge on any atom is 0.303 e. The van der Waals surface area contributed by atoms with Gasteiger partial charge in [-0.15, -0.1) is 0 Å². The number of hydrogen-bond donors (Lipinski definition) is 2. The summed E-state index contributed by atoms with van der Waals surface area (Å²) in [6, 6.07) is 18.7. The molecule has 0 saturated carbocycles. The number of carboxylic acid groups (broad SMARTS) is 1. The van der Waals surface area contributed by atoms with Crippen molar-refractivity contribution in [2.75, 3.05) is 14.1 Å². The normalized spacial score (nSPS) is 13.2. The molecular weight excluding hydrogens is 328 g/mol. The Kier molecular flexibility index (Phi) is 7.36. The summed E-state index contributed by atoms with van der Waals surface area (Å²) in [6.07, 6.45) is 1.02. The van der Waals surface area contributed by atoms with Crippen molar-refractivity contribution in [2.24, 2.45) is 0 Å². The fourth-order valence-electron chi connectivity index (χ4n) is 3.02. The van der Waals surface area contributed by atoms with Crippen LogP contribution in [0.2, 0.25) is 0 Å². The van der Waals surface area contributed by atoms with E-state index in [-0.39, 0.29) is 18.4 Å². The quantitative estimate of drug-likeness (QED) is 0.726. The lowest BCUT2D eigenvalue weighted by Gasteiger charge is -2.27. The van der Waals surface area contributed by atoms with Gasteiger partial charge >= 0.3 is 5.97 Å². The summed E-state index contributed by atoms with van der Waals surface area (Å²) in [7, 11) is 3.72. The van der Waals surface area contributed by atoms with E-state index in [1.807, 2.05) is 79.7 Å². The Balaban J connectivity index is 2.13. The van der Waals surface area contributed by atoms with Crippen LogP contribution in [0.1, 0.15) is 30.0 Å². The number of rotatable bonds is 9. The molecule has 0 aliphatic carbocycles. The summed E-state index contributed by atoms with van der Waals surface area (Å²) < 4.78 is 0. The molecule has 26 heavy (non-hydrogen) atoms. The number of aliphatic carboxylic acids is 1. The van der Waals surface area contributed by atoms with Crippen molar-refractivity contribution in [2.45, 2.75) is 31.3 Å². The van der Waals surface area contributed by atoms with Gasteiger partial charge in [-0.05, 0) is 38.1 Å². The second-order valence-electron chi connectivity index (χ2n) is 6.60. The van der Waals surface area contributed by atoms with Crippen molar-refractivity contribution < 1.29 is 14.7 Å². The van der Waals surface area contributed by atoms with Crippen LogP contribution in [-0.4, -0.2) is 42.0 Å². The number of nitrogens with one attached hydrogen (secondary N) is 1. The number of nitrogens with zero attached hydrogens (tertiary/aromatic N) is 1. The third kappa shape index (κ3) is 6.01. The average molecular weight is 354 g/mol. The summed E-state index contributed by atoms with van der Waals surface area (Å²) in [6.45, 7) is 0. The Morgan fingerprint density at radius 3 is 2.12 bits per heavy atom. The van der Waals surface area contributed by atoms with E-state index >= 15 is 0 Å². The Morgan fingerprint density at radius 1 is 1.00 bits per heavy atom. The zero-order chi connectivity index (χ0) is 18.9. The predicted molar refractivity (Wildman–Crippen MR) is 102 cm³/mol. The lowest BCUT2D eigenvalue weighted by molar-refractivity contribution is -0.137. The molecule has 2 unspecified atom stereocenters. The first kappa shape index (κ1) is 19.7. The molecule has 5 nitrogen and oxygen atoms in total. The molecule has 0 bridgehead atoms. The van der Waals surface area contributed by atoms with E-state index in [0.717, 1.165) is 11.1 Å². The van der Waals surface area contributed by atoms with Crippen molar-refractivity contribution in [3.8, 4) is 0 Å². The Labute approximate surface area is 154 Å². The minimum absolute atomic E-state index is 0.0236. The zero-order valence-electron chi connectivity index (χ0n) is 15.3. The topological polar surface area (TPSA) is 69.6 Å². The molecule has 2 aromatic rings. The number of benzene rings is 2. The van der Waals surface area contributed by atoms with Crippen LogP contribution in [0.5, 0.6) is 0 Å². The minimum atomic E-state index is -0.857. The maximum absolute atomic E-state index is 12.9. The summed E-state index contributed by atoms with van der Waals surface area (Å²) in [4.78, 5) is 25.8. The van der Waals surface area contributed by atoms with Crippen LogP contribution in [0.25, 0.3) is 0 Å². The number of carboxylic acids is 1. The third-order valence-electron chi connectivity index (χ3n) is 4.26. The Bertz CT molecular complexity index is 702. The number of likely N-dealkylation sites (N-methyl/N-ethyl adjacent to an activating group) is 1. The van der Waals surface area contributed by atoms with E-state index in [2.05, 4.69) is 5.32 Å². The van der Waals surface area contributed by atoms with E-state index in [4.69, 9.17) is 5.11 Å². The van der Waals surface area contributed by atoms with Gasteiger partial charge in [0, 0.05) is 12.5 Å². The van der Waals surface area contributed by atoms with Crippen molar-refractivity contribution >= 4 is 11.9 Å². The molecule has 0 aliphatic rings. The molecule has 2 aromatic carbocycles. The highest BCUT2D eigenvalue weighted by Gasteiger charge is 2.25. The molecule has 1 amide bonds. The van der Waals surface area contributed by atoms with Crippen LogP contribution in [0.4, 0.5) is 0 Å². The molecule has 0 fully saturated rings. The third-order valence-corrected chi connectivity index (χ3v) is 4.26. The van der Waals surface area contributed by atoms with Gasteiger partial charge in [0.25, 0.3) is 0 Å². The van der Waals surface area contributed by atoms with Gasteiger partial charge in [-0.2, -0.15) is 0 Å². The minimum Gasteiger partial charge on any atom is -0.481 e. The van der Waals surface area contributed by atoms with E-state index < -0.39 is 12.0 Å². The van der Waals surface area contributed by atoms with Gasteiger partial charge in [-0.1, -0.05) is 60.7 Å². The van der Waals surface area contributed by atoms with Gasteiger partial charge in [0.05, 0.1) is 0 Å². The smallest absolute Gasteiger partial charge is 0.303 e. The standard InChI is InChI=1S/C21H26N2O3/c1-23(2)20(17-11-7-4-8-12-17)21(26)22-18(13-14-19(24)25)15-16-9-5-3-6-10-16/h3-12,18,20H,13-15H2,1-2H3,(H,22,26)(H,24,25). The van der Waals surface area contributed by atoms with Crippen LogP contribution in [0.3, 0.4) is 0 Å². The van der Waals surface area contributed by atoms with Crippen molar-refractivity contribution in [1.82, 2.24) is 10.2 Å². The number of amides is 1. The van der Waals surface area contributed by atoms with E-state index in [1.54, 1.807) is 0 Å². The van der Waals surface area contributed by atoms with Gasteiger partial charge in [0.15, 0.2) is 0 Å². The summed E-state index contributed by atoms with van der Waals surface area (Å²) >= 11 is 0. The first-order chi connectivity index (χ1) is 12.5. The molecule has 0 aromatic heterocycles. The monoisotopic (exact) mass is 354 g/mol. The van der Waals surface area contributed by atoms with Crippen LogP contribution >= 0.6 is 0 Å². The van der Waals surface area contributed by atoms with Gasteiger partial charge in [0.1, 0.15) is 6.04 Å². The molecule has 5 heteroatoms. The molecular formula is C21H26N2O3.